The van der Waals surface area contributed by atoms with Crippen LogP contribution in [0, 0.1) is 5.82 Å². The summed E-state index contributed by atoms with van der Waals surface area (Å²) < 4.78 is 25.2. The van der Waals surface area contributed by atoms with Gasteiger partial charge in [-0.2, -0.15) is 5.10 Å². The van der Waals surface area contributed by atoms with Gasteiger partial charge in [0.05, 0.1) is 32.1 Å². The minimum absolute atomic E-state index is 0.236. The molecule has 31 heavy (non-hydrogen) atoms. The van der Waals surface area contributed by atoms with Crippen LogP contribution in [0.15, 0.2) is 48.7 Å². The Hall–Kier alpha value is -3.36. The number of nitrogens with zero attached hydrogens (tertiary/aromatic N) is 4. The fraction of sp³-hybridized carbons (Fsp3) is 0.261. The third-order valence-corrected chi connectivity index (χ3v) is 5.46. The van der Waals surface area contributed by atoms with Crippen molar-refractivity contribution in [2.75, 3.05) is 33.4 Å². The second-order valence-corrected chi connectivity index (χ2v) is 7.43. The van der Waals surface area contributed by atoms with E-state index in [9.17, 15) is 4.39 Å². The van der Waals surface area contributed by atoms with Crippen LogP contribution in [-0.2, 0) is 11.3 Å². The van der Waals surface area contributed by atoms with Crippen molar-refractivity contribution in [2.24, 2.45) is 0 Å². The van der Waals surface area contributed by atoms with Gasteiger partial charge in [0, 0.05) is 25.2 Å². The van der Waals surface area contributed by atoms with Crippen molar-refractivity contribution in [1.29, 1.82) is 0 Å². The van der Waals surface area contributed by atoms with Gasteiger partial charge in [-0.25, -0.2) is 14.4 Å². The Morgan fingerprint density at radius 2 is 1.94 bits per heavy atom. The lowest BCUT2D eigenvalue weighted by molar-refractivity contribution is 0.0342. The van der Waals surface area contributed by atoms with E-state index in [1.807, 2.05) is 12.1 Å². The number of H-pyrrole nitrogens is 1. The van der Waals surface area contributed by atoms with Crippen molar-refractivity contribution >= 4 is 11.0 Å². The van der Waals surface area contributed by atoms with Gasteiger partial charge in [-0.1, -0.05) is 30.3 Å². The maximum atomic E-state index is 14.5. The highest BCUT2D eigenvalue weighted by atomic mass is 19.1. The molecule has 0 unspecified atom stereocenters. The Bertz CT molecular complexity index is 1200. The van der Waals surface area contributed by atoms with E-state index in [0.717, 1.165) is 38.4 Å². The summed E-state index contributed by atoms with van der Waals surface area (Å²) in [5, 5.41) is 7.40. The summed E-state index contributed by atoms with van der Waals surface area (Å²) >= 11 is 0. The van der Waals surface area contributed by atoms with Crippen molar-refractivity contribution < 1.29 is 13.9 Å². The SMILES string of the molecule is COc1cccc(F)c1-c1ncc2[nH]nc(-c3ccc(CN4CCOCC4)cc3)c2n1. The second-order valence-electron chi connectivity index (χ2n) is 7.43. The quantitative estimate of drug-likeness (QED) is 0.532. The Labute approximate surface area is 178 Å². The lowest BCUT2D eigenvalue weighted by atomic mass is 10.1. The van der Waals surface area contributed by atoms with Crippen molar-refractivity contribution in [2.45, 2.75) is 6.54 Å². The van der Waals surface area contributed by atoms with Crippen LogP contribution < -0.4 is 4.74 Å². The molecule has 1 saturated heterocycles. The van der Waals surface area contributed by atoms with Gasteiger partial charge in [0.25, 0.3) is 0 Å². The van der Waals surface area contributed by atoms with E-state index in [-0.39, 0.29) is 11.4 Å². The lowest BCUT2D eigenvalue weighted by Crippen LogP contribution is -2.35. The predicted octanol–water partition coefficient (Wildman–Crippen LogP) is 3.67. The highest BCUT2D eigenvalue weighted by Crippen LogP contribution is 2.32. The predicted molar refractivity (Wildman–Crippen MR) is 115 cm³/mol. The average molecular weight is 419 g/mol. The number of benzene rings is 2. The zero-order chi connectivity index (χ0) is 21.2. The second kappa shape index (κ2) is 8.41. The number of nitrogens with one attached hydrogen (secondary N) is 1. The highest BCUT2D eigenvalue weighted by molar-refractivity contribution is 5.90. The standard InChI is InChI=1S/C23H22FN5O2/c1-30-19-4-2-3-17(24)20(19)23-25-13-18-22(26-23)21(28-27-18)16-7-5-15(6-8-16)14-29-9-11-31-12-10-29/h2-8,13H,9-12,14H2,1H3,(H,27,28). The van der Waals surface area contributed by atoms with Crippen molar-refractivity contribution in [3.63, 3.8) is 0 Å². The molecule has 0 saturated carbocycles. The van der Waals surface area contributed by atoms with Crippen molar-refractivity contribution in [3.8, 4) is 28.4 Å². The molecule has 0 aliphatic carbocycles. The first-order chi connectivity index (χ1) is 15.2. The first kappa shape index (κ1) is 19.6. The van der Waals surface area contributed by atoms with Gasteiger partial charge >= 0.3 is 0 Å². The first-order valence-electron chi connectivity index (χ1n) is 10.2. The molecule has 0 amide bonds. The van der Waals surface area contributed by atoms with Crippen LogP contribution >= 0.6 is 0 Å². The fourth-order valence-electron chi connectivity index (χ4n) is 3.81. The smallest absolute Gasteiger partial charge is 0.166 e. The summed E-state index contributed by atoms with van der Waals surface area (Å²) in [5.74, 6) is 0.210. The Balaban J connectivity index is 1.48. The summed E-state index contributed by atoms with van der Waals surface area (Å²) in [4.78, 5) is 11.3. The number of methoxy groups -OCH3 is 1. The van der Waals surface area contributed by atoms with E-state index in [1.54, 1.807) is 18.3 Å². The summed E-state index contributed by atoms with van der Waals surface area (Å²) in [6, 6.07) is 12.9. The van der Waals surface area contributed by atoms with Gasteiger partial charge < -0.3 is 9.47 Å². The molecule has 8 heteroatoms. The van der Waals surface area contributed by atoms with E-state index in [1.165, 1.54) is 18.7 Å². The van der Waals surface area contributed by atoms with Gasteiger partial charge in [-0.05, 0) is 17.7 Å². The van der Waals surface area contributed by atoms with Gasteiger partial charge in [0.1, 0.15) is 28.3 Å². The molecule has 0 radical (unpaired) electrons. The molecule has 1 aliphatic heterocycles. The largest absolute Gasteiger partial charge is 0.496 e. The summed E-state index contributed by atoms with van der Waals surface area (Å²) in [5.41, 5.74) is 4.42. The van der Waals surface area contributed by atoms with Crippen LogP contribution in [0.25, 0.3) is 33.7 Å². The molecule has 5 rings (SSSR count). The van der Waals surface area contributed by atoms with Crippen LogP contribution in [0.5, 0.6) is 5.75 Å². The van der Waals surface area contributed by atoms with Gasteiger partial charge in [-0.15, -0.1) is 0 Å². The number of ether oxygens (including phenoxy) is 2. The third-order valence-electron chi connectivity index (χ3n) is 5.46. The molecule has 2 aromatic carbocycles. The normalized spacial score (nSPS) is 14.8. The Morgan fingerprint density at radius 1 is 1.13 bits per heavy atom. The van der Waals surface area contributed by atoms with E-state index >= 15 is 0 Å². The van der Waals surface area contributed by atoms with Crippen LogP contribution in [-0.4, -0.2) is 58.5 Å². The third kappa shape index (κ3) is 3.87. The molecule has 0 bridgehead atoms. The molecular formula is C23H22FN5O2. The Kier molecular flexibility index (Phi) is 5.31. The fourth-order valence-corrected chi connectivity index (χ4v) is 3.81. The molecule has 3 heterocycles. The van der Waals surface area contributed by atoms with Crippen LogP contribution in [0.2, 0.25) is 0 Å². The number of hydrogen-bond donors (Lipinski definition) is 1. The maximum Gasteiger partial charge on any atom is 0.166 e. The molecule has 1 aliphatic rings. The van der Waals surface area contributed by atoms with Gasteiger partial charge in [0.2, 0.25) is 0 Å². The highest BCUT2D eigenvalue weighted by Gasteiger charge is 2.18. The topological polar surface area (TPSA) is 76.2 Å². The van der Waals surface area contributed by atoms with E-state index in [0.29, 0.717) is 22.5 Å². The molecule has 0 atom stereocenters. The van der Waals surface area contributed by atoms with Crippen molar-refractivity contribution in [1.82, 2.24) is 25.1 Å². The van der Waals surface area contributed by atoms with E-state index in [4.69, 9.17) is 9.47 Å². The van der Waals surface area contributed by atoms with Gasteiger partial charge in [-0.3, -0.25) is 10.00 Å². The number of rotatable bonds is 5. The van der Waals surface area contributed by atoms with Crippen LogP contribution in [0.3, 0.4) is 0 Å². The molecule has 1 fully saturated rings. The Morgan fingerprint density at radius 3 is 2.71 bits per heavy atom. The number of morpholine rings is 1. The molecule has 158 valence electrons. The zero-order valence-corrected chi connectivity index (χ0v) is 17.1. The maximum absolute atomic E-state index is 14.5. The summed E-state index contributed by atoms with van der Waals surface area (Å²) in [7, 11) is 1.50. The summed E-state index contributed by atoms with van der Waals surface area (Å²) in [6.07, 6.45) is 1.62. The molecular weight excluding hydrogens is 397 g/mol. The molecule has 2 aromatic heterocycles. The van der Waals surface area contributed by atoms with Crippen molar-refractivity contribution in [3.05, 3.63) is 60.0 Å². The number of aromatic amines is 1. The molecule has 0 spiro atoms. The van der Waals surface area contributed by atoms with E-state index in [2.05, 4.69) is 37.2 Å². The average Bonchev–Trinajstić information content (AvgIpc) is 3.23. The number of aromatic nitrogens is 4. The molecule has 7 nitrogen and oxygen atoms in total. The van der Waals surface area contributed by atoms with Crippen LogP contribution in [0.4, 0.5) is 4.39 Å². The number of fused-ring (bicyclic) bond motifs is 1. The lowest BCUT2D eigenvalue weighted by Gasteiger charge is -2.26. The zero-order valence-electron chi connectivity index (χ0n) is 17.1. The van der Waals surface area contributed by atoms with E-state index < -0.39 is 5.82 Å². The summed E-state index contributed by atoms with van der Waals surface area (Å²) in [6.45, 7) is 4.36. The minimum atomic E-state index is -0.434. The van der Waals surface area contributed by atoms with Crippen LogP contribution in [0.1, 0.15) is 5.56 Å². The number of hydrogen-bond acceptors (Lipinski definition) is 6. The number of halogens is 1. The minimum Gasteiger partial charge on any atom is -0.496 e. The first-order valence-corrected chi connectivity index (χ1v) is 10.2. The van der Waals surface area contributed by atoms with Gasteiger partial charge in [0.15, 0.2) is 5.82 Å². The molecule has 1 N–H and O–H groups in total. The monoisotopic (exact) mass is 419 g/mol. The molecule has 4 aromatic rings.